The number of hydrogen-bond donors (Lipinski definition) is 1. The van der Waals surface area contributed by atoms with Crippen molar-refractivity contribution in [2.45, 2.75) is 32.6 Å². The molecule has 1 unspecified atom stereocenters. The summed E-state index contributed by atoms with van der Waals surface area (Å²) in [4.78, 5) is 10.3. The Balaban J connectivity index is 2.25. The van der Waals surface area contributed by atoms with E-state index in [-0.39, 0.29) is 0 Å². The molecule has 0 aromatic heterocycles. The maximum absolute atomic E-state index is 10.3. The monoisotopic (exact) mass is 177 g/mol. The highest BCUT2D eigenvalue weighted by Gasteiger charge is 2.25. The van der Waals surface area contributed by atoms with Crippen molar-refractivity contribution >= 4 is 6.41 Å². The van der Waals surface area contributed by atoms with Gasteiger partial charge in [0.05, 0.1) is 0 Å². The third-order valence-corrected chi connectivity index (χ3v) is 3.20. The van der Waals surface area contributed by atoms with Gasteiger partial charge in [-0.25, -0.2) is 0 Å². The summed E-state index contributed by atoms with van der Waals surface area (Å²) in [6.07, 6.45) is 7.92. The van der Waals surface area contributed by atoms with Gasteiger partial charge in [0, 0.05) is 5.70 Å². The fourth-order valence-electron chi connectivity index (χ4n) is 2.49. The van der Waals surface area contributed by atoms with Gasteiger partial charge in [-0.05, 0) is 44.1 Å². The third-order valence-electron chi connectivity index (χ3n) is 3.20. The Morgan fingerprint density at radius 1 is 1.62 bits per heavy atom. The highest BCUT2D eigenvalue weighted by atomic mass is 16.1. The molecule has 0 aliphatic heterocycles. The van der Waals surface area contributed by atoms with Crippen LogP contribution in [0.15, 0.2) is 22.9 Å². The van der Waals surface area contributed by atoms with Crippen molar-refractivity contribution in [2.75, 3.05) is 0 Å². The van der Waals surface area contributed by atoms with Crippen LogP contribution in [0.4, 0.5) is 0 Å². The standard InChI is InChI=1S/C11H15NO/c1-8-10-4-2-3-9(10)5-6-11(8)12-7-13/h6-7,9H,2-5H2,1H3,(H,12,13). The number of rotatable bonds is 2. The Bertz CT molecular complexity index is 288. The zero-order valence-corrected chi connectivity index (χ0v) is 7.97. The minimum atomic E-state index is 0.769. The molecule has 2 nitrogen and oxygen atoms in total. The van der Waals surface area contributed by atoms with E-state index in [2.05, 4.69) is 18.3 Å². The first-order valence-electron chi connectivity index (χ1n) is 4.93. The van der Waals surface area contributed by atoms with Gasteiger partial charge in [-0.15, -0.1) is 0 Å². The summed E-state index contributed by atoms with van der Waals surface area (Å²) in [5.74, 6) is 0.775. The van der Waals surface area contributed by atoms with Crippen molar-refractivity contribution < 1.29 is 4.79 Å². The van der Waals surface area contributed by atoms with E-state index in [1.54, 1.807) is 5.57 Å². The number of amides is 1. The second kappa shape index (κ2) is 3.36. The van der Waals surface area contributed by atoms with Gasteiger partial charge in [-0.1, -0.05) is 11.6 Å². The van der Waals surface area contributed by atoms with Crippen LogP contribution in [0.5, 0.6) is 0 Å². The molecule has 2 aliphatic carbocycles. The summed E-state index contributed by atoms with van der Waals surface area (Å²) in [7, 11) is 0. The molecule has 0 radical (unpaired) electrons. The van der Waals surface area contributed by atoms with Gasteiger partial charge in [0.2, 0.25) is 6.41 Å². The van der Waals surface area contributed by atoms with E-state index in [1.165, 1.54) is 24.8 Å². The quantitative estimate of drug-likeness (QED) is 0.643. The fourth-order valence-corrected chi connectivity index (χ4v) is 2.49. The first-order valence-corrected chi connectivity index (χ1v) is 4.93. The molecule has 2 rings (SSSR count). The van der Waals surface area contributed by atoms with E-state index in [0.29, 0.717) is 0 Å². The molecule has 0 saturated heterocycles. The molecular weight excluding hydrogens is 162 g/mol. The highest BCUT2D eigenvalue weighted by molar-refractivity contribution is 5.55. The molecule has 70 valence electrons. The van der Waals surface area contributed by atoms with Crippen LogP contribution in [0.25, 0.3) is 0 Å². The SMILES string of the molecule is CC1=C2CCCC2CC=C1NC=O. The van der Waals surface area contributed by atoms with Crippen molar-refractivity contribution in [3.63, 3.8) is 0 Å². The molecule has 1 saturated carbocycles. The van der Waals surface area contributed by atoms with E-state index in [0.717, 1.165) is 24.4 Å². The predicted molar refractivity (Wildman–Crippen MR) is 51.9 cm³/mol. The van der Waals surface area contributed by atoms with Gasteiger partial charge in [0.25, 0.3) is 0 Å². The van der Waals surface area contributed by atoms with Gasteiger partial charge < -0.3 is 5.32 Å². The van der Waals surface area contributed by atoms with E-state index < -0.39 is 0 Å². The van der Waals surface area contributed by atoms with Crippen molar-refractivity contribution in [2.24, 2.45) is 5.92 Å². The molecular formula is C11H15NO. The first kappa shape index (κ1) is 8.54. The summed E-state index contributed by atoms with van der Waals surface area (Å²) >= 11 is 0. The molecule has 1 N–H and O–H groups in total. The minimum Gasteiger partial charge on any atom is -0.329 e. The topological polar surface area (TPSA) is 29.1 Å². The zero-order chi connectivity index (χ0) is 9.26. The van der Waals surface area contributed by atoms with Crippen LogP contribution in [0.2, 0.25) is 0 Å². The fraction of sp³-hybridized carbons (Fsp3) is 0.545. The molecule has 1 amide bonds. The lowest BCUT2D eigenvalue weighted by atomic mass is 9.88. The van der Waals surface area contributed by atoms with E-state index in [4.69, 9.17) is 0 Å². The molecule has 2 aliphatic rings. The Kier molecular flexibility index (Phi) is 2.21. The molecule has 2 heteroatoms. The molecule has 0 aromatic rings. The minimum absolute atomic E-state index is 0.769. The lowest BCUT2D eigenvalue weighted by Gasteiger charge is -2.21. The Morgan fingerprint density at radius 3 is 3.23 bits per heavy atom. The Morgan fingerprint density at radius 2 is 2.46 bits per heavy atom. The summed E-state index contributed by atoms with van der Waals surface area (Å²) < 4.78 is 0. The van der Waals surface area contributed by atoms with Gasteiger partial charge in [0.1, 0.15) is 0 Å². The molecule has 0 heterocycles. The number of nitrogens with one attached hydrogen (secondary N) is 1. The summed E-state index contributed by atoms with van der Waals surface area (Å²) in [6.45, 7) is 2.12. The molecule has 13 heavy (non-hydrogen) atoms. The van der Waals surface area contributed by atoms with Gasteiger partial charge in [-0.2, -0.15) is 0 Å². The van der Waals surface area contributed by atoms with Crippen LogP contribution >= 0.6 is 0 Å². The average Bonchev–Trinajstić information content (AvgIpc) is 2.58. The molecule has 0 bridgehead atoms. The van der Waals surface area contributed by atoms with Crippen molar-refractivity contribution in [3.8, 4) is 0 Å². The van der Waals surface area contributed by atoms with Crippen LogP contribution in [-0.2, 0) is 4.79 Å². The lowest BCUT2D eigenvalue weighted by Crippen LogP contribution is -2.17. The van der Waals surface area contributed by atoms with E-state index in [9.17, 15) is 4.79 Å². The number of carbonyl (C=O) groups excluding carboxylic acids is 1. The molecule has 0 spiro atoms. The number of carbonyl (C=O) groups is 1. The Hall–Kier alpha value is -1.05. The Labute approximate surface area is 78.7 Å². The summed E-state index contributed by atoms with van der Waals surface area (Å²) in [5, 5.41) is 2.77. The molecule has 0 aromatic carbocycles. The number of hydrogen-bond acceptors (Lipinski definition) is 1. The summed E-state index contributed by atoms with van der Waals surface area (Å²) in [5.41, 5.74) is 3.91. The van der Waals surface area contributed by atoms with E-state index >= 15 is 0 Å². The zero-order valence-electron chi connectivity index (χ0n) is 7.97. The van der Waals surface area contributed by atoms with Crippen molar-refractivity contribution in [3.05, 3.63) is 22.9 Å². The third kappa shape index (κ3) is 1.41. The van der Waals surface area contributed by atoms with Gasteiger partial charge in [0.15, 0.2) is 0 Å². The van der Waals surface area contributed by atoms with E-state index in [1.807, 2.05) is 0 Å². The molecule has 1 atom stereocenters. The molecule has 1 fully saturated rings. The number of allylic oxidation sites excluding steroid dienone is 3. The van der Waals surface area contributed by atoms with Crippen LogP contribution in [0.3, 0.4) is 0 Å². The second-order valence-electron chi connectivity index (χ2n) is 3.86. The average molecular weight is 177 g/mol. The lowest BCUT2D eigenvalue weighted by molar-refractivity contribution is -0.108. The van der Waals surface area contributed by atoms with Gasteiger partial charge >= 0.3 is 0 Å². The largest absolute Gasteiger partial charge is 0.329 e. The predicted octanol–water partition coefficient (Wildman–Crippen LogP) is 2.14. The van der Waals surface area contributed by atoms with Gasteiger partial charge in [-0.3, -0.25) is 4.79 Å². The summed E-state index contributed by atoms with van der Waals surface area (Å²) in [6, 6.07) is 0. The highest BCUT2D eigenvalue weighted by Crippen LogP contribution is 2.40. The number of fused-ring (bicyclic) bond motifs is 1. The second-order valence-corrected chi connectivity index (χ2v) is 3.86. The van der Waals surface area contributed by atoms with Crippen LogP contribution in [0, 0.1) is 5.92 Å². The van der Waals surface area contributed by atoms with Crippen molar-refractivity contribution in [1.82, 2.24) is 5.32 Å². The normalized spacial score (nSPS) is 26.8. The maximum atomic E-state index is 10.3. The van der Waals surface area contributed by atoms with Crippen LogP contribution in [-0.4, -0.2) is 6.41 Å². The smallest absolute Gasteiger partial charge is 0.211 e. The van der Waals surface area contributed by atoms with Crippen LogP contribution in [0.1, 0.15) is 32.6 Å². The van der Waals surface area contributed by atoms with Crippen LogP contribution < -0.4 is 5.32 Å². The first-order chi connectivity index (χ1) is 6.33. The maximum Gasteiger partial charge on any atom is 0.211 e. The van der Waals surface area contributed by atoms with Crippen molar-refractivity contribution in [1.29, 1.82) is 0 Å².